The van der Waals surface area contributed by atoms with Crippen LogP contribution in [-0.2, 0) is 9.47 Å². The van der Waals surface area contributed by atoms with Gasteiger partial charge in [-0.15, -0.1) is 0 Å². The summed E-state index contributed by atoms with van der Waals surface area (Å²) in [5, 5.41) is 13.5. The number of hydrogen-bond acceptors (Lipinski definition) is 5. The molecule has 7 nitrogen and oxygen atoms in total. The van der Waals surface area contributed by atoms with Crippen molar-refractivity contribution in [3.05, 3.63) is 39.2 Å². The van der Waals surface area contributed by atoms with Crippen LogP contribution in [0.2, 0.25) is 0 Å². The second-order valence-electron chi connectivity index (χ2n) is 4.62. The number of azide groups is 1. The molecule has 0 radical (unpaired) electrons. The van der Waals surface area contributed by atoms with Crippen LogP contribution in [0.4, 0.5) is 0 Å². The van der Waals surface area contributed by atoms with Crippen LogP contribution in [0.3, 0.4) is 0 Å². The maximum absolute atomic E-state index is 9.76. The lowest BCUT2D eigenvalue weighted by Gasteiger charge is -2.19. The Kier molecular flexibility index (Phi) is 5.84. The summed E-state index contributed by atoms with van der Waals surface area (Å²) in [5.74, 6) is 0.665. The van der Waals surface area contributed by atoms with Gasteiger partial charge in [-0.1, -0.05) is 21.0 Å². The topological polar surface area (TPSA) is 96.7 Å². The van der Waals surface area contributed by atoms with E-state index in [0.29, 0.717) is 12.2 Å². The van der Waals surface area contributed by atoms with Gasteiger partial charge in [-0.05, 0) is 29.8 Å². The lowest BCUT2D eigenvalue weighted by atomic mass is 10.1. The number of nitrogens with zero attached hydrogens (tertiary/aromatic N) is 3. The Bertz CT molecular complexity index is 507. The van der Waals surface area contributed by atoms with Gasteiger partial charge < -0.3 is 19.3 Å². The maximum atomic E-state index is 9.76. The van der Waals surface area contributed by atoms with Gasteiger partial charge in [0.15, 0.2) is 6.29 Å². The lowest BCUT2D eigenvalue weighted by molar-refractivity contribution is -0.151. The third kappa shape index (κ3) is 4.33. The molecule has 1 unspecified atom stereocenters. The predicted molar refractivity (Wildman–Crippen MR) is 78.9 cm³/mol. The van der Waals surface area contributed by atoms with Gasteiger partial charge in [0.05, 0.1) is 18.8 Å². The number of methoxy groups -OCH3 is 1. The number of aliphatic hydroxyl groups is 1. The predicted octanol–water partition coefficient (Wildman–Crippen LogP) is 2.63. The number of benzene rings is 1. The molecule has 0 amide bonds. The molecule has 2 rings (SSSR count). The molecule has 1 fully saturated rings. The van der Waals surface area contributed by atoms with Crippen molar-refractivity contribution in [3.8, 4) is 5.75 Å². The first-order chi connectivity index (χ1) is 10.1. The van der Waals surface area contributed by atoms with E-state index in [-0.39, 0.29) is 6.61 Å². The van der Waals surface area contributed by atoms with Crippen molar-refractivity contribution in [1.82, 2.24) is 0 Å². The van der Waals surface area contributed by atoms with Gasteiger partial charge in [0, 0.05) is 22.9 Å². The van der Waals surface area contributed by atoms with Crippen LogP contribution >= 0.6 is 15.9 Å². The van der Waals surface area contributed by atoms with Gasteiger partial charge >= 0.3 is 0 Å². The summed E-state index contributed by atoms with van der Waals surface area (Å²) in [6.45, 7) is 0.166. The summed E-state index contributed by atoms with van der Waals surface area (Å²) in [4.78, 5) is 2.82. The fraction of sp³-hybridized carbons (Fsp3) is 0.538. The molecule has 0 aromatic heterocycles. The molecule has 4 atom stereocenters. The Morgan fingerprint density at radius 1 is 1.52 bits per heavy atom. The highest BCUT2D eigenvalue weighted by atomic mass is 79.9. The Hall–Kier alpha value is -1.31. The standard InChI is InChI=1S/C13H16BrN3O4/c1-19-13-11(18)6-12(21-13)10(16-17-15)7-20-9-4-2-8(14)3-5-9/h2-5,10-13,18H,6-7H2,1H3/t10-,11+,12-,13?/m0/s1. The van der Waals surface area contributed by atoms with E-state index in [9.17, 15) is 5.11 Å². The molecular weight excluding hydrogens is 342 g/mol. The van der Waals surface area contributed by atoms with E-state index >= 15 is 0 Å². The third-order valence-corrected chi connectivity index (χ3v) is 3.72. The minimum absolute atomic E-state index is 0.166. The second kappa shape index (κ2) is 7.63. The van der Waals surface area contributed by atoms with Crippen molar-refractivity contribution in [2.45, 2.75) is 31.0 Å². The van der Waals surface area contributed by atoms with Gasteiger partial charge in [0.1, 0.15) is 11.9 Å². The molecule has 0 saturated carbocycles. The van der Waals surface area contributed by atoms with Crippen molar-refractivity contribution in [2.75, 3.05) is 13.7 Å². The Labute approximate surface area is 130 Å². The zero-order chi connectivity index (χ0) is 15.2. The van der Waals surface area contributed by atoms with Gasteiger partial charge in [-0.3, -0.25) is 0 Å². The summed E-state index contributed by atoms with van der Waals surface area (Å²) in [6, 6.07) is 6.79. The van der Waals surface area contributed by atoms with E-state index in [2.05, 4.69) is 26.0 Å². The monoisotopic (exact) mass is 357 g/mol. The van der Waals surface area contributed by atoms with E-state index in [0.717, 1.165) is 4.47 Å². The SMILES string of the molecule is COC1O[C@H]([C@H](COc2ccc(Br)cc2)N=[N+]=[N-])C[C@H]1O. The highest BCUT2D eigenvalue weighted by molar-refractivity contribution is 9.10. The van der Waals surface area contributed by atoms with E-state index in [1.807, 2.05) is 12.1 Å². The molecule has 1 aromatic rings. The molecule has 0 spiro atoms. The van der Waals surface area contributed by atoms with Crippen LogP contribution in [-0.4, -0.2) is 43.4 Å². The minimum Gasteiger partial charge on any atom is -0.493 e. The highest BCUT2D eigenvalue weighted by Gasteiger charge is 2.38. The van der Waals surface area contributed by atoms with Crippen molar-refractivity contribution in [3.63, 3.8) is 0 Å². The van der Waals surface area contributed by atoms with Crippen molar-refractivity contribution < 1.29 is 19.3 Å². The number of hydrogen-bond donors (Lipinski definition) is 1. The fourth-order valence-electron chi connectivity index (χ4n) is 2.12. The van der Waals surface area contributed by atoms with Crippen molar-refractivity contribution >= 4 is 15.9 Å². The third-order valence-electron chi connectivity index (χ3n) is 3.19. The molecule has 1 aliphatic heterocycles. The number of rotatable bonds is 6. The Morgan fingerprint density at radius 3 is 2.81 bits per heavy atom. The summed E-state index contributed by atoms with van der Waals surface area (Å²) in [7, 11) is 1.46. The summed E-state index contributed by atoms with van der Waals surface area (Å²) in [6.07, 6.45) is -1.52. The average Bonchev–Trinajstić information content (AvgIpc) is 2.86. The number of ether oxygens (including phenoxy) is 3. The first-order valence-corrected chi connectivity index (χ1v) is 7.22. The van der Waals surface area contributed by atoms with Gasteiger partial charge in [-0.25, -0.2) is 0 Å². The minimum atomic E-state index is -0.732. The first-order valence-electron chi connectivity index (χ1n) is 6.43. The smallest absolute Gasteiger partial charge is 0.183 e. The normalized spacial score (nSPS) is 26.1. The highest BCUT2D eigenvalue weighted by Crippen LogP contribution is 2.26. The van der Waals surface area contributed by atoms with Gasteiger partial charge in [0.2, 0.25) is 0 Å². The fourth-order valence-corrected chi connectivity index (χ4v) is 2.39. The summed E-state index contributed by atoms with van der Waals surface area (Å²) in [5.41, 5.74) is 8.67. The zero-order valence-corrected chi connectivity index (χ0v) is 13.0. The van der Waals surface area contributed by atoms with Crippen LogP contribution in [0.25, 0.3) is 10.4 Å². The molecule has 1 saturated heterocycles. The molecule has 1 N–H and O–H groups in total. The van der Waals surface area contributed by atoms with Gasteiger partial charge in [-0.2, -0.15) is 0 Å². The van der Waals surface area contributed by atoms with E-state index in [4.69, 9.17) is 19.7 Å². The largest absolute Gasteiger partial charge is 0.493 e. The van der Waals surface area contributed by atoms with Crippen molar-refractivity contribution in [2.24, 2.45) is 5.11 Å². The van der Waals surface area contributed by atoms with E-state index in [1.165, 1.54) is 7.11 Å². The van der Waals surface area contributed by atoms with Crippen LogP contribution in [0.15, 0.2) is 33.9 Å². The van der Waals surface area contributed by atoms with Crippen molar-refractivity contribution in [1.29, 1.82) is 0 Å². The molecule has 1 heterocycles. The van der Waals surface area contributed by atoms with E-state index in [1.54, 1.807) is 12.1 Å². The molecule has 21 heavy (non-hydrogen) atoms. The summed E-state index contributed by atoms with van der Waals surface area (Å²) >= 11 is 3.34. The van der Waals surface area contributed by atoms with Crippen LogP contribution in [0.5, 0.6) is 5.75 Å². The summed E-state index contributed by atoms with van der Waals surface area (Å²) < 4.78 is 17.1. The Balaban J connectivity index is 1.96. The Morgan fingerprint density at radius 2 is 2.24 bits per heavy atom. The molecular formula is C13H16BrN3O4. The number of halogens is 1. The lowest BCUT2D eigenvalue weighted by Crippen LogP contribution is -2.30. The molecule has 1 aliphatic rings. The van der Waals surface area contributed by atoms with Crippen LogP contribution in [0, 0.1) is 0 Å². The zero-order valence-electron chi connectivity index (χ0n) is 11.4. The molecule has 8 heteroatoms. The number of aliphatic hydroxyl groups excluding tert-OH is 1. The molecule has 0 bridgehead atoms. The second-order valence-corrected chi connectivity index (χ2v) is 5.53. The molecule has 0 aliphatic carbocycles. The van der Waals surface area contributed by atoms with Gasteiger partial charge in [0.25, 0.3) is 0 Å². The first kappa shape index (κ1) is 16.1. The average molecular weight is 358 g/mol. The van der Waals surface area contributed by atoms with Crippen LogP contribution in [0.1, 0.15) is 6.42 Å². The molecule has 1 aromatic carbocycles. The maximum Gasteiger partial charge on any atom is 0.183 e. The quantitative estimate of drug-likeness (QED) is 0.480. The van der Waals surface area contributed by atoms with E-state index < -0.39 is 24.5 Å². The van der Waals surface area contributed by atoms with Crippen LogP contribution < -0.4 is 4.74 Å². The molecule has 114 valence electrons.